The largest absolute Gasteiger partial charge is 0.338 e. The molecule has 3 rings (SSSR count). The smallest absolute Gasteiger partial charge is 0.237 e. The lowest BCUT2D eigenvalue weighted by molar-refractivity contribution is -0.133. The summed E-state index contributed by atoms with van der Waals surface area (Å²) < 4.78 is 1.72. The van der Waals surface area contributed by atoms with Crippen LogP contribution in [0, 0.1) is 0 Å². The third-order valence-corrected chi connectivity index (χ3v) is 5.36. The van der Waals surface area contributed by atoms with Gasteiger partial charge in [-0.05, 0) is 44.2 Å². The maximum absolute atomic E-state index is 12.8. The fourth-order valence-corrected chi connectivity index (χ4v) is 3.13. The van der Waals surface area contributed by atoms with Gasteiger partial charge in [-0.1, -0.05) is 42.5 Å². The van der Waals surface area contributed by atoms with Crippen molar-refractivity contribution in [3.05, 3.63) is 78.4 Å². The summed E-state index contributed by atoms with van der Waals surface area (Å²) in [6.07, 6.45) is 3.19. The van der Waals surface area contributed by atoms with E-state index in [1.165, 1.54) is 6.33 Å². The van der Waals surface area contributed by atoms with Crippen LogP contribution >= 0.6 is 0 Å². The number of carbonyl (C=O) groups is 1. The van der Waals surface area contributed by atoms with Gasteiger partial charge in [0.05, 0.1) is 18.3 Å². The molecule has 1 amide bonds. The normalized spacial score (nSPS) is 13.3. The molecule has 1 aromatic heterocycles. The molecule has 0 saturated heterocycles. The lowest BCUT2D eigenvalue weighted by atomic mass is 10.1. The Morgan fingerprint density at radius 1 is 0.964 bits per heavy atom. The quantitative estimate of drug-likeness (QED) is 0.633. The standard InChI is InChI=1S/C22H27N5O/c1-17(20-10-12-21(13-11-20)27-16-23-15-24-27)25(3)14-22(28)26(4)18(2)19-8-6-5-7-9-19/h5-13,15-18H,14H2,1-4H3/t17-,18-/m0/s1. The van der Waals surface area contributed by atoms with Crippen molar-refractivity contribution in [3.8, 4) is 5.69 Å². The van der Waals surface area contributed by atoms with Crippen molar-refractivity contribution in [2.75, 3.05) is 20.6 Å². The van der Waals surface area contributed by atoms with E-state index in [0.29, 0.717) is 6.54 Å². The molecule has 0 saturated carbocycles. The van der Waals surface area contributed by atoms with Crippen LogP contribution in [0.2, 0.25) is 0 Å². The number of benzene rings is 2. The van der Waals surface area contributed by atoms with Gasteiger partial charge in [0, 0.05) is 13.1 Å². The summed E-state index contributed by atoms with van der Waals surface area (Å²) in [6.45, 7) is 4.53. The Labute approximate surface area is 166 Å². The molecule has 28 heavy (non-hydrogen) atoms. The molecule has 0 N–H and O–H groups in total. The first kappa shape index (κ1) is 19.8. The van der Waals surface area contributed by atoms with Crippen molar-refractivity contribution < 1.29 is 4.79 Å². The first-order valence-corrected chi connectivity index (χ1v) is 9.43. The Bertz CT molecular complexity index is 877. The van der Waals surface area contributed by atoms with Crippen LogP contribution in [0.5, 0.6) is 0 Å². The number of rotatable bonds is 7. The highest BCUT2D eigenvalue weighted by atomic mass is 16.2. The fraction of sp³-hybridized carbons (Fsp3) is 0.318. The van der Waals surface area contributed by atoms with Gasteiger partial charge >= 0.3 is 0 Å². The van der Waals surface area contributed by atoms with Gasteiger partial charge in [0.25, 0.3) is 0 Å². The second-order valence-corrected chi connectivity index (χ2v) is 7.11. The molecule has 0 unspecified atom stereocenters. The number of amides is 1. The molecule has 2 aromatic carbocycles. The van der Waals surface area contributed by atoms with Crippen LogP contribution in [-0.2, 0) is 4.79 Å². The minimum atomic E-state index is 0.0411. The van der Waals surface area contributed by atoms with E-state index in [4.69, 9.17) is 0 Å². The average Bonchev–Trinajstić information content (AvgIpc) is 3.27. The van der Waals surface area contributed by atoms with Crippen LogP contribution in [0.1, 0.15) is 37.1 Å². The second kappa shape index (κ2) is 8.80. The molecule has 0 radical (unpaired) electrons. The van der Waals surface area contributed by atoms with Crippen molar-refractivity contribution in [2.45, 2.75) is 25.9 Å². The van der Waals surface area contributed by atoms with E-state index in [9.17, 15) is 4.79 Å². The van der Waals surface area contributed by atoms with Crippen LogP contribution < -0.4 is 0 Å². The molecule has 2 atom stereocenters. The Hall–Kier alpha value is -2.99. The molecule has 0 fully saturated rings. The van der Waals surface area contributed by atoms with Gasteiger partial charge in [-0.15, -0.1) is 0 Å². The fourth-order valence-electron chi connectivity index (χ4n) is 3.13. The number of likely N-dealkylation sites (N-methyl/N-ethyl adjacent to an activating group) is 2. The van der Waals surface area contributed by atoms with Gasteiger partial charge in [-0.3, -0.25) is 9.69 Å². The summed E-state index contributed by atoms with van der Waals surface area (Å²) in [5, 5.41) is 4.14. The molecule has 0 aliphatic rings. The lowest BCUT2D eigenvalue weighted by Crippen LogP contribution is -2.38. The molecule has 0 aliphatic carbocycles. The van der Waals surface area contributed by atoms with Gasteiger partial charge in [0.15, 0.2) is 0 Å². The van der Waals surface area contributed by atoms with Gasteiger partial charge in [-0.2, -0.15) is 5.10 Å². The highest BCUT2D eigenvalue weighted by molar-refractivity contribution is 5.78. The van der Waals surface area contributed by atoms with Crippen molar-refractivity contribution in [3.63, 3.8) is 0 Å². The molecule has 3 aromatic rings. The first-order chi connectivity index (χ1) is 13.5. The Balaban J connectivity index is 1.61. The molecule has 6 heteroatoms. The monoisotopic (exact) mass is 377 g/mol. The van der Waals surface area contributed by atoms with Crippen LogP contribution in [-0.4, -0.2) is 51.1 Å². The zero-order chi connectivity index (χ0) is 20.1. The zero-order valence-electron chi connectivity index (χ0n) is 16.9. The maximum atomic E-state index is 12.8. The molecule has 0 bridgehead atoms. The highest BCUT2D eigenvalue weighted by Crippen LogP contribution is 2.22. The number of hydrogen-bond acceptors (Lipinski definition) is 4. The van der Waals surface area contributed by atoms with E-state index in [0.717, 1.165) is 16.8 Å². The predicted octanol–water partition coefficient (Wildman–Crippen LogP) is 3.48. The summed E-state index contributed by atoms with van der Waals surface area (Å²) in [6, 6.07) is 18.4. The van der Waals surface area contributed by atoms with Crippen LogP contribution in [0.3, 0.4) is 0 Å². The van der Waals surface area contributed by atoms with E-state index in [1.54, 1.807) is 11.0 Å². The SMILES string of the molecule is C[C@@H](c1ccc(-n2cncn2)cc1)N(C)CC(=O)N(C)[C@@H](C)c1ccccc1. The third-order valence-electron chi connectivity index (χ3n) is 5.36. The Morgan fingerprint density at radius 3 is 2.21 bits per heavy atom. The van der Waals surface area contributed by atoms with Crippen molar-refractivity contribution in [1.29, 1.82) is 0 Å². The maximum Gasteiger partial charge on any atom is 0.237 e. The molecule has 0 aliphatic heterocycles. The molecule has 1 heterocycles. The highest BCUT2D eigenvalue weighted by Gasteiger charge is 2.21. The second-order valence-electron chi connectivity index (χ2n) is 7.11. The van der Waals surface area contributed by atoms with Crippen molar-refractivity contribution >= 4 is 5.91 Å². The van der Waals surface area contributed by atoms with Crippen LogP contribution in [0.4, 0.5) is 0 Å². The molecule has 146 valence electrons. The van der Waals surface area contributed by atoms with Gasteiger partial charge in [-0.25, -0.2) is 9.67 Å². The van der Waals surface area contributed by atoms with Gasteiger partial charge in [0.1, 0.15) is 12.7 Å². The summed E-state index contributed by atoms with van der Waals surface area (Å²) in [7, 11) is 3.85. The zero-order valence-corrected chi connectivity index (χ0v) is 16.9. The molecular formula is C22H27N5O. The Kier molecular flexibility index (Phi) is 6.21. The molecule has 6 nitrogen and oxygen atoms in total. The summed E-state index contributed by atoms with van der Waals surface area (Å²) in [5.74, 6) is 0.102. The topological polar surface area (TPSA) is 54.3 Å². The first-order valence-electron chi connectivity index (χ1n) is 9.43. The predicted molar refractivity (Wildman–Crippen MR) is 110 cm³/mol. The van der Waals surface area contributed by atoms with E-state index >= 15 is 0 Å². The number of carbonyl (C=O) groups excluding carboxylic acids is 1. The minimum absolute atomic E-state index is 0.0411. The van der Waals surface area contributed by atoms with Gasteiger partial charge in [0.2, 0.25) is 5.91 Å². The van der Waals surface area contributed by atoms with Crippen molar-refractivity contribution in [2.24, 2.45) is 0 Å². The summed E-state index contributed by atoms with van der Waals surface area (Å²) in [4.78, 5) is 20.6. The number of nitrogens with zero attached hydrogens (tertiary/aromatic N) is 5. The average molecular weight is 377 g/mol. The van der Waals surface area contributed by atoms with E-state index in [1.807, 2.05) is 49.3 Å². The number of aromatic nitrogens is 3. The number of hydrogen-bond donors (Lipinski definition) is 0. The van der Waals surface area contributed by atoms with Crippen LogP contribution in [0.25, 0.3) is 5.69 Å². The van der Waals surface area contributed by atoms with Crippen molar-refractivity contribution in [1.82, 2.24) is 24.6 Å². The lowest BCUT2D eigenvalue weighted by Gasteiger charge is -2.30. The summed E-state index contributed by atoms with van der Waals surface area (Å²) >= 11 is 0. The van der Waals surface area contributed by atoms with Gasteiger partial charge < -0.3 is 4.90 Å². The third kappa shape index (κ3) is 4.46. The summed E-state index contributed by atoms with van der Waals surface area (Å²) in [5.41, 5.74) is 3.25. The van der Waals surface area contributed by atoms with E-state index < -0.39 is 0 Å². The van der Waals surface area contributed by atoms with E-state index in [2.05, 4.69) is 53.1 Å². The van der Waals surface area contributed by atoms with Crippen LogP contribution in [0.15, 0.2) is 67.3 Å². The molecule has 0 spiro atoms. The molecular weight excluding hydrogens is 350 g/mol. The Morgan fingerprint density at radius 2 is 1.61 bits per heavy atom. The van der Waals surface area contributed by atoms with E-state index in [-0.39, 0.29) is 18.0 Å². The minimum Gasteiger partial charge on any atom is -0.338 e.